The molecule has 0 bridgehead atoms. The minimum absolute atomic E-state index is 0.0671. The summed E-state index contributed by atoms with van der Waals surface area (Å²) < 4.78 is 32.8. The van der Waals surface area contributed by atoms with Gasteiger partial charge in [-0.15, -0.1) is 0 Å². The van der Waals surface area contributed by atoms with E-state index in [2.05, 4.69) is 0 Å². The molecule has 2 rings (SSSR count). The molecular formula is C13H20F2N2O3. The average Bonchev–Trinajstić information content (AvgIpc) is 2.62. The second-order valence-electron chi connectivity index (χ2n) is 5.68. The number of hydrogen-bond donors (Lipinski definition) is 0. The molecule has 2 fully saturated rings. The molecular weight excluding hydrogens is 270 g/mol. The third-order valence-electron chi connectivity index (χ3n) is 4.02. The van der Waals surface area contributed by atoms with E-state index in [0.717, 1.165) is 4.90 Å². The molecule has 0 aliphatic carbocycles. The predicted molar refractivity (Wildman–Crippen MR) is 67.3 cm³/mol. The van der Waals surface area contributed by atoms with Crippen LogP contribution in [-0.2, 0) is 14.3 Å². The van der Waals surface area contributed by atoms with Crippen LogP contribution in [0.25, 0.3) is 0 Å². The summed E-state index contributed by atoms with van der Waals surface area (Å²) in [6.07, 6.45) is -0.0993. The predicted octanol–water partition coefficient (Wildman–Crippen LogP) is 0.739. The van der Waals surface area contributed by atoms with Gasteiger partial charge < -0.3 is 14.5 Å². The van der Waals surface area contributed by atoms with Crippen LogP contribution in [0.15, 0.2) is 0 Å². The van der Waals surface area contributed by atoms with Crippen molar-refractivity contribution in [3.05, 3.63) is 0 Å². The molecule has 7 heteroatoms. The first-order valence-electron chi connectivity index (χ1n) is 6.79. The standard InChI is InChI=1S/C13H20F2N2O3/c1-3-20-6-10(18)17-8-12(7-13(14,15)9-17)4-5-16(2)11(12)19/h3-9H2,1-2H3/t12-/m1/s1. The summed E-state index contributed by atoms with van der Waals surface area (Å²) in [7, 11) is 1.61. The summed E-state index contributed by atoms with van der Waals surface area (Å²) in [5.41, 5.74) is -1.13. The Bertz CT molecular complexity index is 416. The lowest BCUT2D eigenvalue weighted by molar-refractivity contribution is -0.165. The van der Waals surface area contributed by atoms with Crippen LogP contribution in [0.4, 0.5) is 8.78 Å². The van der Waals surface area contributed by atoms with Gasteiger partial charge in [0.15, 0.2) is 0 Å². The van der Waals surface area contributed by atoms with Gasteiger partial charge in [0.05, 0.1) is 12.0 Å². The van der Waals surface area contributed by atoms with Crippen LogP contribution in [0, 0.1) is 5.41 Å². The first-order valence-corrected chi connectivity index (χ1v) is 6.79. The van der Waals surface area contributed by atoms with Crippen molar-refractivity contribution in [3.63, 3.8) is 0 Å². The molecule has 2 aliphatic rings. The van der Waals surface area contributed by atoms with Crippen LogP contribution in [0.1, 0.15) is 19.8 Å². The van der Waals surface area contributed by atoms with E-state index in [4.69, 9.17) is 4.74 Å². The fraction of sp³-hybridized carbons (Fsp3) is 0.846. The molecule has 20 heavy (non-hydrogen) atoms. The Labute approximate surface area is 116 Å². The second-order valence-corrected chi connectivity index (χ2v) is 5.68. The van der Waals surface area contributed by atoms with Crippen molar-refractivity contribution < 1.29 is 23.1 Å². The highest BCUT2D eigenvalue weighted by molar-refractivity contribution is 5.86. The lowest BCUT2D eigenvalue weighted by Gasteiger charge is -2.42. The Balaban J connectivity index is 2.16. The third-order valence-corrected chi connectivity index (χ3v) is 4.02. The second kappa shape index (κ2) is 5.27. The van der Waals surface area contributed by atoms with Gasteiger partial charge in [0, 0.05) is 33.2 Å². The molecule has 1 spiro atoms. The number of halogens is 2. The number of hydrogen-bond acceptors (Lipinski definition) is 3. The largest absolute Gasteiger partial charge is 0.372 e. The maximum absolute atomic E-state index is 13.9. The highest BCUT2D eigenvalue weighted by Crippen LogP contribution is 2.45. The van der Waals surface area contributed by atoms with Crippen molar-refractivity contribution in [2.24, 2.45) is 5.41 Å². The summed E-state index contributed by atoms with van der Waals surface area (Å²) in [5.74, 6) is -3.79. The van der Waals surface area contributed by atoms with Gasteiger partial charge in [-0.1, -0.05) is 0 Å². The molecule has 1 atom stereocenters. The van der Waals surface area contributed by atoms with E-state index < -0.39 is 30.2 Å². The molecule has 5 nitrogen and oxygen atoms in total. The van der Waals surface area contributed by atoms with Gasteiger partial charge in [-0.3, -0.25) is 9.59 Å². The SMILES string of the molecule is CCOCC(=O)N1CC(F)(F)C[C@]2(CCN(C)C2=O)C1. The van der Waals surface area contributed by atoms with Crippen molar-refractivity contribution in [2.45, 2.75) is 25.7 Å². The first kappa shape index (κ1) is 15.2. The first-order chi connectivity index (χ1) is 9.30. The molecule has 0 aromatic rings. The van der Waals surface area contributed by atoms with E-state index in [0.29, 0.717) is 19.6 Å². The molecule has 0 aromatic heterocycles. The number of alkyl halides is 2. The van der Waals surface area contributed by atoms with Crippen LogP contribution in [0.5, 0.6) is 0 Å². The van der Waals surface area contributed by atoms with E-state index in [9.17, 15) is 18.4 Å². The fourth-order valence-electron chi connectivity index (χ4n) is 3.07. The minimum atomic E-state index is -3.03. The van der Waals surface area contributed by atoms with Crippen molar-refractivity contribution in [3.8, 4) is 0 Å². The van der Waals surface area contributed by atoms with E-state index in [1.807, 2.05) is 0 Å². The smallest absolute Gasteiger partial charge is 0.266 e. The van der Waals surface area contributed by atoms with Gasteiger partial charge in [0.25, 0.3) is 5.92 Å². The number of rotatable bonds is 3. The lowest BCUT2D eigenvalue weighted by atomic mass is 9.77. The number of likely N-dealkylation sites (tertiary alicyclic amines) is 2. The normalized spacial score (nSPS) is 29.3. The summed E-state index contributed by atoms with van der Waals surface area (Å²) in [6, 6.07) is 0. The van der Waals surface area contributed by atoms with Gasteiger partial charge in [0.2, 0.25) is 11.8 Å². The van der Waals surface area contributed by atoms with Crippen LogP contribution in [-0.4, -0.2) is 67.4 Å². The Morgan fingerprint density at radius 1 is 1.40 bits per heavy atom. The van der Waals surface area contributed by atoms with E-state index >= 15 is 0 Å². The maximum atomic E-state index is 13.9. The molecule has 2 amide bonds. The van der Waals surface area contributed by atoms with Crippen LogP contribution >= 0.6 is 0 Å². The number of nitrogens with zero attached hydrogens (tertiary/aromatic N) is 2. The molecule has 0 N–H and O–H groups in total. The molecule has 2 heterocycles. The monoisotopic (exact) mass is 290 g/mol. The summed E-state index contributed by atoms with van der Waals surface area (Å²) >= 11 is 0. The van der Waals surface area contributed by atoms with Gasteiger partial charge >= 0.3 is 0 Å². The molecule has 0 unspecified atom stereocenters. The highest BCUT2D eigenvalue weighted by atomic mass is 19.3. The average molecular weight is 290 g/mol. The van der Waals surface area contributed by atoms with Crippen LogP contribution in [0.3, 0.4) is 0 Å². The van der Waals surface area contributed by atoms with E-state index in [-0.39, 0.29) is 19.1 Å². The Hall–Kier alpha value is -1.24. The molecule has 114 valence electrons. The van der Waals surface area contributed by atoms with Crippen molar-refractivity contribution in [1.82, 2.24) is 9.80 Å². The van der Waals surface area contributed by atoms with Crippen molar-refractivity contribution in [2.75, 3.05) is 39.9 Å². The lowest BCUT2D eigenvalue weighted by Crippen LogP contribution is -2.57. The van der Waals surface area contributed by atoms with Crippen molar-refractivity contribution in [1.29, 1.82) is 0 Å². The number of ether oxygens (including phenoxy) is 1. The highest BCUT2D eigenvalue weighted by Gasteiger charge is 2.56. The number of amides is 2. The van der Waals surface area contributed by atoms with E-state index in [1.54, 1.807) is 14.0 Å². The molecule has 2 saturated heterocycles. The number of carbonyl (C=O) groups excluding carboxylic acids is 2. The molecule has 0 radical (unpaired) electrons. The van der Waals surface area contributed by atoms with Crippen LogP contribution in [0.2, 0.25) is 0 Å². The Morgan fingerprint density at radius 2 is 2.10 bits per heavy atom. The fourth-order valence-corrected chi connectivity index (χ4v) is 3.07. The molecule has 0 aromatic carbocycles. The number of piperidine rings is 1. The maximum Gasteiger partial charge on any atom is 0.266 e. The van der Waals surface area contributed by atoms with Gasteiger partial charge in [-0.2, -0.15) is 0 Å². The summed E-state index contributed by atoms with van der Waals surface area (Å²) in [6.45, 7) is 1.77. The summed E-state index contributed by atoms with van der Waals surface area (Å²) in [4.78, 5) is 26.6. The third kappa shape index (κ3) is 2.77. The molecule has 2 aliphatic heterocycles. The van der Waals surface area contributed by atoms with Gasteiger partial charge in [-0.05, 0) is 13.3 Å². The quantitative estimate of drug-likeness (QED) is 0.770. The van der Waals surface area contributed by atoms with Crippen LogP contribution < -0.4 is 0 Å². The zero-order chi connectivity index (χ0) is 15.0. The zero-order valence-corrected chi connectivity index (χ0v) is 11.8. The zero-order valence-electron chi connectivity index (χ0n) is 11.8. The van der Waals surface area contributed by atoms with Crippen molar-refractivity contribution >= 4 is 11.8 Å². The topological polar surface area (TPSA) is 49.9 Å². The van der Waals surface area contributed by atoms with E-state index in [1.165, 1.54) is 4.90 Å². The van der Waals surface area contributed by atoms with Gasteiger partial charge in [-0.25, -0.2) is 8.78 Å². The Kier molecular flexibility index (Phi) is 4.00. The molecule has 0 saturated carbocycles. The Morgan fingerprint density at radius 3 is 2.65 bits per heavy atom. The van der Waals surface area contributed by atoms with Gasteiger partial charge in [0.1, 0.15) is 6.61 Å². The minimum Gasteiger partial charge on any atom is -0.372 e. The summed E-state index contributed by atoms with van der Waals surface area (Å²) in [5, 5.41) is 0. The number of carbonyl (C=O) groups is 2.